The van der Waals surface area contributed by atoms with Crippen molar-refractivity contribution in [3.05, 3.63) is 24.4 Å². The van der Waals surface area contributed by atoms with Gasteiger partial charge in [0.15, 0.2) is 0 Å². The van der Waals surface area contributed by atoms with Crippen LogP contribution in [0.25, 0.3) is 0 Å². The van der Waals surface area contributed by atoms with Gasteiger partial charge in [0, 0.05) is 13.0 Å². The summed E-state index contributed by atoms with van der Waals surface area (Å²) < 4.78 is 57.0. The molecule has 29 heavy (non-hydrogen) atoms. The van der Waals surface area contributed by atoms with Crippen LogP contribution >= 0.6 is 0 Å². The Morgan fingerprint density at radius 3 is 2.62 bits per heavy atom. The zero-order valence-corrected chi connectivity index (χ0v) is 15.5. The van der Waals surface area contributed by atoms with Gasteiger partial charge in [-0.05, 0) is 31.6 Å². The average Bonchev–Trinajstić information content (AvgIpc) is 3.12. The number of nitrogens with zero attached hydrogens (tertiary/aromatic N) is 4. The molecule has 158 valence electrons. The molecule has 1 amide bonds. The summed E-state index contributed by atoms with van der Waals surface area (Å²) in [5.74, 6) is -1.04. The SMILES string of the molecule is CC(=O)NC1CCC(COc2nc(Nc3cnn(C(F)(F)F)c3)ncc2F)CC1. The molecule has 12 heteroatoms. The first-order chi connectivity index (χ1) is 13.7. The number of anilines is 2. The van der Waals surface area contributed by atoms with Crippen molar-refractivity contribution in [3.63, 3.8) is 0 Å². The highest BCUT2D eigenvalue weighted by molar-refractivity contribution is 5.73. The largest absolute Gasteiger partial charge is 0.504 e. The second-order valence-electron chi connectivity index (χ2n) is 6.84. The molecule has 1 aliphatic carbocycles. The van der Waals surface area contributed by atoms with Gasteiger partial charge in [-0.3, -0.25) is 4.79 Å². The quantitative estimate of drug-likeness (QED) is 0.703. The Labute approximate surface area is 163 Å². The molecule has 1 aliphatic rings. The summed E-state index contributed by atoms with van der Waals surface area (Å²) >= 11 is 0. The number of ether oxygens (including phenoxy) is 1. The number of rotatable bonds is 6. The van der Waals surface area contributed by atoms with E-state index in [-0.39, 0.29) is 46.7 Å². The van der Waals surface area contributed by atoms with Crippen molar-refractivity contribution in [1.82, 2.24) is 25.1 Å². The molecule has 1 fully saturated rings. The van der Waals surface area contributed by atoms with E-state index in [1.54, 1.807) is 0 Å². The normalized spacial score (nSPS) is 19.6. The van der Waals surface area contributed by atoms with Gasteiger partial charge >= 0.3 is 6.30 Å². The molecule has 8 nitrogen and oxygen atoms in total. The van der Waals surface area contributed by atoms with Crippen LogP contribution in [-0.2, 0) is 11.1 Å². The molecule has 3 rings (SSSR count). The molecule has 0 bridgehead atoms. The van der Waals surface area contributed by atoms with Crippen LogP contribution in [0.15, 0.2) is 18.6 Å². The number of halogens is 4. The summed E-state index contributed by atoms with van der Waals surface area (Å²) in [6.07, 6.45) is 1.18. The van der Waals surface area contributed by atoms with Crippen molar-refractivity contribution in [2.45, 2.75) is 44.9 Å². The lowest BCUT2D eigenvalue weighted by Crippen LogP contribution is -2.37. The van der Waals surface area contributed by atoms with Crippen molar-refractivity contribution in [2.24, 2.45) is 5.92 Å². The Kier molecular flexibility index (Phi) is 6.18. The smallest absolute Gasteiger partial charge is 0.475 e. The van der Waals surface area contributed by atoms with Gasteiger partial charge < -0.3 is 15.4 Å². The van der Waals surface area contributed by atoms with Crippen molar-refractivity contribution in [3.8, 4) is 5.88 Å². The maximum absolute atomic E-state index is 13.9. The Hall–Kier alpha value is -2.92. The van der Waals surface area contributed by atoms with Gasteiger partial charge in [0.2, 0.25) is 17.7 Å². The van der Waals surface area contributed by atoms with Gasteiger partial charge in [0.1, 0.15) is 0 Å². The van der Waals surface area contributed by atoms with Crippen LogP contribution in [0.4, 0.5) is 29.2 Å². The maximum atomic E-state index is 13.9. The lowest BCUT2D eigenvalue weighted by molar-refractivity contribution is -0.212. The highest BCUT2D eigenvalue weighted by Gasteiger charge is 2.31. The maximum Gasteiger partial charge on any atom is 0.504 e. The molecule has 2 aromatic heterocycles. The molecule has 0 aliphatic heterocycles. The predicted octanol–water partition coefficient (Wildman–Crippen LogP) is 3.11. The van der Waals surface area contributed by atoms with E-state index in [0.29, 0.717) is 0 Å². The van der Waals surface area contributed by atoms with Crippen LogP contribution in [-0.4, -0.2) is 38.3 Å². The zero-order valence-electron chi connectivity index (χ0n) is 15.5. The van der Waals surface area contributed by atoms with E-state index in [9.17, 15) is 22.4 Å². The molecule has 1 saturated carbocycles. The molecule has 0 unspecified atom stereocenters. The third-order valence-corrected chi connectivity index (χ3v) is 4.52. The topological polar surface area (TPSA) is 94.0 Å². The fourth-order valence-electron chi connectivity index (χ4n) is 3.13. The van der Waals surface area contributed by atoms with E-state index in [1.165, 1.54) is 6.92 Å². The van der Waals surface area contributed by atoms with Crippen LogP contribution in [0, 0.1) is 11.7 Å². The van der Waals surface area contributed by atoms with Crippen LogP contribution < -0.4 is 15.4 Å². The van der Waals surface area contributed by atoms with Crippen molar-refractivity contribution in [2.75, 3.05) is 11.9 Å². The number of alkyl halides is 3. The molecule has 0 atom stereocenters. The number of amides is 1. The summed E-state index contributed by atoms with van der Waals surface area (Å²) in [7, 11) is 0. The van der Waals surface area contributed by atoms with E-state index >= 15 is 0 Å². The van der Waals surface area contributed by atoms with Crippen LogP contribution in [0.5, 0.6) is 5.88 Å². The third-order valence-electron chi connectivity index (χ3n) is 4.52. The van der Waals surface area contributed by atoms with E-state index < -0.39 is 12.1 Å². The number of carbonyl (C=O) groups excluding carboxylic acids is 1. The molecular formula is C17H20F4N6O2. The number of carbonyl (C=O) groups is 1. The first-order valence-electron chi connectivity index (χ1n) is 9.02. The molecule has 0 saturated heterocycles. The molecular weight excluding hydrogens is 396 g/mol. The lowest BCUT2D eigenvalue weighted by atomic mass is 9.86. The van der Waals surface area contributed by atoms with Crippen LogP contribution in [0.3, 0.4) is 0 Å². The Bertz CT molecular complexity index is 849. The number of nitrogens with one attached hydrogen (secondary N) is 2. The average molecular weight is 416 g/mol. The van der Waals surface area contributed by atoms with Gasteiger partial charge in [-0.25, -0.2) is 4.98 Å². The lowest BCUT2D eigenvalue weighted by Gasteiger charge is -2.28. The van der Waals surface area contributed by atoms with Crippen molar-refractivity contribution in [1.29, 1.82) is 0 Å². The summed E-state index contributed by atoms with van der Waals surface area (Å²) in [6.45, 7) is 1.72. The summed E-state index contributed by atoms with van der Waals surface area (Å²) in [5, 5.41) is 8.60. The highest BCUT2D eigenvalue weighted by Crippen LogP contribution is 2.27. The van der Waals surface area contributed by atoms with E-state index in [0.717, 1.165) is 44.3 Å². The zero-order chi connectivity index (χ0) is 21.0. The summed E-state index contributed by atoms with van der Waals surface area (Å²) in [6, 6.07) is 0.146. The van der Waals surface area contributed by atoms with Crippen LogP contribution in [0.1, 0.15) is 32.6 Å². The Balaban J connectivity index is 1.56. The minimum absolute atomic E-state index is 0.00354. The first-order valence-corrected chi connectivity index (χ1v) is 9.02. The van der Waals surface area contributed by atoms with Gasteiger partial charge in [0.25, 0.3) is 5.88 Å². The van der Waals surface area contributed by atoms with Crippen molar-refractivity contribution >= 4 is 17.5 Å². The predicted molar refractivity (Wildman–Crippen MR) is 93.9 cm³/mol. The summed E-state index contributed by atoms with van der Waals surface area (Å²) in [5.41, 5.74) is -0.00354. The van der Waals surface area contributed by atoms with Gasteiger partial charge in [-0.2, -0.15) is 19.2 Å². The molecule has 2 aromatic rings. The molecule has 2 N–H and O–H groups in total. The first kappa shape index (κ1) is 20.8. The van der Waals surface area contributed by atoms with Gasteiger partial charge in [-0.15, -0.1) is 13.2 Å². The number of aromatic nitrogens is 4. The monoisotopic (exact) mass is 416 g/mol. The highest BCUT2D eigenvalue weighted by atomic mass is 19.4. The fraction of sp³-hybridized carbons (Fsp3) is 0.529. The third kappa shape index (κ3) is 5.78. The molecule has 0 spiro atoms. The number of hydrogen-bond acceptors (Lipinski definition) is 6. The fourth-order valence-corrected chi connectivity index (χ4v) is 3.13. The minimum Gasteiger partial charge on any atom is -0.475 e. The minimum atomic E-state index is -4.64. The van der Waals surface area contributed by atoms with E-state index in [2.05, 4.69) is 25.7 Å². The molecule has 0 radical (unpaired) electrons. The number of hydrogen-bond donors (Lipinski definition) is 2. The molecule has 0 aromatic carbocycles. The van der Waals surface area contributed by atoms with E-state index in [4.69, 9.17) is 4.74 Å². The Morgan fingerprint density at radius 1 is 1.28 bits per heavy atom. The molecule has 2 heterocycles. The van der Waals surface area contributed by atoms with Gasteiger partial charge in [0.05, 0.1) is 30.9 Å². The van der Waals surface area contributed by atoms with Crippen molar-refractivity contribution < 1.29 is 27.1 Å². The summed E-state index contributed by atoms with van der Waals surface area (Å²) in [4.78, 5) is 18.7. The van der Waals surface area contributed by atoms with Gasteiger partial charge in [-0.1, -0.05) is 0 Å². The standard InChI is InChI=1S/C17H20F4N6O2/c1-10(28)24-12-4-2-11(3-5-12)9-29-15-14(18)7-22-16(26-15)25-13-6-23-27(8-13)17(19,20)21/h6-8,11-12H,2-5,9H2,1H3,(H,24,28)(H,22,25,26). The second kappa shape index (κ2) is 8.62. The van der Waals surface area contributed by atoms with E-state index in [1.807, 2.05) is 0 Å². The van der Waals surface area contributed by atoms with Crippen LogP contribution in [0.2, 0.25) is 0 Å². The Morgan fingerprint density at radius 2 is 2.00 bits per heavy atom. The second-order valence-corrected chi connectivity index (χ2v) is 6.84.